The van der Waals surface area contributed by atoms with E-state index in [0.717, 1.165) is 6.29 Å². The van der Waals surface area contributed by atoms with Gasteiger partial charge < -0.3 is 15.8 Å². The van der Waals surface area contributed by atoms with E-state index in [2.05, 4.69) is 5.32 Å². The SMILES string of the molecule is CNC(=O)C(N)CCC=O. The fourth-order valence-corrected chi connectivity index (χ4v) is 0.564. The fraction of sp³-hybridized carbons (Fsp3) is 0.667. The highest BCUT2D eigenvalue weighted by molar-refractivity contribution is 5.81. The van der Waals surface area contributed by atoms with E-state index >= 15 is 0 Å². The number of hydrogen-bond donors (Lipinski definition) is 2. The van der Waals surface area contributed by atoms with E-state index in [1.54, 1.807) is 0 Å². The van der Waals surface area contributed by atoms with Crippen LogP contribution >= 0.6 is 0 Å². The van der Waals surface area contributed by atoms with E-state index in [0.29, 0.717) is 12.8 Å². The first-order chi connectivity index (χ1) is 4.72. The lowest BCUT2D eigenvalue weighted by Crippen LogP contribution is -2.38. The third kappa shape index (κ3) is 3.19. The van der Waals surface area contributed by atoms with Crippen molar-refractivity contribution < 1.29 is 9.59 Å². The predicted molar refractivity (Wildman–Crippen MR) is 37.3 cm³/mol. The quantitative estimate of drug-likeness (QED) is 0.499. The number of aldehydes is 1. The lowest BCUT2D eigenvalue weighted by Gasteiger charge is -2.06. The van der Waals surface area contributed by atoms with Gasteiger partial charge in [0, 0.05) is 13.5 Å². The van der Waals surface area contributed by atoms with E-state index < -0.39 is 6.04 Å². The van der Waals surface area contributed by atoms with Gasteiger partial charge in [0.25, 0.3) is 0 Å². The third-order valence-corrected chi connectivity index (χ3v) is 1.18. The number of rotatable bonds is 4. The summed E-state index contributed by atoms with van der Waals surface area (Å²) < 4.78 is 0. The first-order valence-corrected chi connectivity index (χ1v) is 3.13. The maximum absolute atomic E-state index is 10.7. The summed E-state index contributed by atoms with van der Waals surface area (Å²) in [6.07, 6.45) is 1.51. The number of likely N-dealkylation sites (N-methyl/N-ethyl adjacent to an activating group) is 1. The van der Waals surface area contributed by atoms with Crippen LogP contribution < -0.4 is 11.1 Å². The van der Waals surface area contributed by atoms with Crippen molar-refractivity contribution in [2.45, 2.75) is 18.9 Å². The molecule has 0 radical (unpaired) electrons. The molecule has 0 aliphatic carbocycles. The molecule has 3 N–H and O–H groups in total. The zero-order chi connectivity index (χ0) is 7.98. The molecule has 0 rings (SSSR count). The summed E-state index contributed by atoms with van der Waals surface area (Å²) in [6.45, 7) is 0. The molecule has 1 amide bonds. The lowest BCUT2D eigenvalue weighted by molar-refractivity contribution is -0.122. The van der Waals surface area contributed by atoms with Gasteiger partial charge in [0.05, 0.1) is 6.04 Å². The van der Waals surface area contributed by atoms with Crippen LogP contribution in [0.1, 0.15) is 12.8 Å². The number of carbonyl (C=O) groups excluding carboxylic acids is 2. The van der Waals surface area contributed by atoms with Gasteiger partial charge in [-0.3, -0.25) is 4.79 Å². The molecule has 1 atom stereocenters. The molecule has 0 aromatic rings. The van der Waals surface area contributed by atoms with E-state index in [1.807, 2.05) is 0 Å². The zero-order valence-electron chi connectivity index (χ0n) is 5.96. The van der Waals surface area contributed by atoms with Gasteiger partial charge in [0.15, 0.2) is 0 Å². The van der Waals surface area contributed by atoms with Crippen molar-refractivity contribution >= 4 is 12.2 Å². The maximum Gasteiger partial charge on any atom is 0.236 e. The second-order valence-electron chi connectivity index (χ2n) is 1.96. The minimum Gasteiger partial charge on any atom is -0.358 e. The molecule has 10 heavy (non-hydrogen) atoms. The Morgan fingerprint density at radius 3 is 2.80 bits per heavy atom. The zero-order valence-corrected chi connectivity index (χ0v) is 5.96. The molecule has 0 aliphatic rings. The minimum absolute atomic E-state index is 0.221. The van der Waals surface area contributed by atoms with E-state index in [9.17, 15) is 9.59 Å². The molecule has 4 nitrogen and oxygen atoms in total. The topological polar surface area (TPSA) is 72.2 Å². The van der Waals surface area contributed by atoms with Gasteiger partial charge in [-0.1, -0.05) is 0 Å². The Morgan fingerprint density at radius 1 is 1.80 bits per heavy atom. The Balaban J connectivity index is 3.50. The summed E-state index contributed by atoms with van der Waals surface area (Å²) in [5, 5.41) is 2.39. The summed E-state index contributed by atoms with van der Waals surface area (Å²) in [5.41, 5.74) is 5.34. The first kappa shape index (κ1) is 9.10. The summed E-state index contributed by atoms with van der Waals surface area (Å²) in [7, 11) is 1.52. The molecule has 4 heteroatoms. The van der Waals surface area contributed by atoms with Crippen molar-refractivity contribution in [3.8, 4) is 0 Å². The second kappa shape index (κ2) is 4.93. The van der Waals surface area contributed by atoms with Gasteiger partial charge in [0.1, 0.15) is 6.29 Å². The van der Waals surface area contributed by atoms with Crippen LogP contribution in [0, 0.1) is 0 Å². The van der Waals surface area contributed by atoms with E-state index in [4.69, 9.17) is 5.73 Å². The Labute approximate surface area is 59.8 Å². The van der Waals surface area contributed by atoms with Crippen molar-refractivity contribution in [2.75, 3.05) is 7.05 Å². The van der Waals surface area contributed by atoms with Crippen LogP contribution in [0.2, 0.25) is 0 Å². The highest BCUT2D eigenvalue weighted by Gasteiger charge is 2.09. The molecule has 0 saturated heterocycles. The smallest absolute Gasteiger partial charge is 0.236 e. The Hall–Kier alpha value is -0.900. The molecule has 0 bridgehead atoms. The molecule has 1 unspecified atom stereocenters. The average Bonchev–Trinajstić information content (AvgIpc) is 1.98. The van der Waals surface area contributed by atoms with Crippen molar-refractivity contribution in [3.05, 3.63) is 0 Å². The third-order valence-electron chi connectivity index (χ3n) is 1.18. The monoisotopic (exact) mass is 144 g/mol. The van der Waals surface area contributed by atoms with E-state index in [-0.39, 0.29) is 5.91 Å². The number of amides is 1. The van der Waals surface area contributed by atoms with Gasteiger partial charge in [-0.2, -0.15) is 0 Å². The van der Waals surface area contributed by atoms with Crippen LogP contribution in [0.3, 0.4) is 0 Å². The first-order valence-electron chi connectivity index (χ1n) is 3.13. The maximum atomic E-state index is 10.7. The van der Waals surface area contributed by atoms with Crippen molar-refractivity contribution in [1.29, 1.82) is 0 Å². The van der Waals surface area contributed by atoms with Gasteiger partial charge in [-0.15, -0.1) is 0 Å². The van der Waals surface area contributed by atoms with Crippen molar-refractivity contribution in [1.82, 2.24) is 5.32 Å². The van der Waals surface area contributed by atoms with Gasteiger partial charge in [-0.25, -0.2) is 0 Å². The Morgan fingerprint density at radius 2 is 2.40 bits per heavy atom. The second-order valence-corrected chi connectivity index (χ2v) is 1.96. The number of nitrogens with one attached hydrogen (secondary N) is 1. The summed E-state index contributed by atoms with van der Waals surface area (Å²) in [5.74, 6) is -0.221. The van der Waals surface area contributed by atoms with Gasteiger partial charge in [-0.05, 0) is 6.42 Å². The molecule has 0 aromatic heterocycles. The van der Waals surface area contributed by atoms with E-state index in [1.165, 1.54) is 7.05 Å². The summed E-state index contributed by atoms with van der Waals surface area (Å²) >= 11 is 0. The number of hydrogen-bond acceptors (Lipinski definition) is 3. The molecular formula is C6H12N2O2. The average molecular weight is 144 g/mol. The fourth-order valence-electron chi connectivity index (χ4n) is 0.564. The van der Waals surface area contributed by atoms with Crippen LogP contribution in [0.5, 0.6) is 0 Å². The van der Waals surface area contributed by atoms with Crippen molar-refractivity contribution in [3.63, 3.8) is 0 Å². The summed E-state index contributed by atoms with van der Waals surface area (Å²) in [6, 6.07) is -0.546. The number of nitrogens with two attached hydrogens (primary N) is 1. The summed E-state index contributed by atoms with van der Waals surface area (Å²) in [4.78, 5) is 20.5. The van der Waals surface area contributed by atoms with Crippen LogP contribution in [0.25, 0.3) is 0 Å². The highest BCUT2D eigenvalue weighted by Crippen LogP contribution is 1.90. The Kier molecular flexibility index (Phi) is 4.49. The van der Waals surface area contributed by atoms with Crippen LogP contribution in [-0.2, 0) is 9.59 Å². The molecule has 0 aliphatic heterocycles. The standard InChI is InChI=1S/C6H12N2O2/c1-8-6(10)5(7)3-2-4-9/h4-5H,2-3,7H2,1H3,(H,8,10). The van der Waals surface area contributed by atoms with Crippen LogP contribution in [0.4, 0.5) is 0 Å². The van der Waals surface area contributed by atoms with Crippen molar-refractivity contribution in [2.24, 2.45) is 5.73 Å². The highest BCUT2D eigenvalue weighted by atomic mass is 16.2. The molecular weight excluding hydrogens is 132 g/mol. The molecule has 0 aromatic carbocycles. The molecule has 0 fully saturated rings. The molecule has 0 spiro atoms. The van der Waals surface area contributed by atoms with Gasteiger partial charge >= 0.3 is 0 Å². The largest absolute Gasteiger partial charge is 0.358 e. The molecule has 0 saturated carbocycles. The molecule has 58 valence electrons. The predicted octanol–water partition coefficient (Wildman–Crippen LogP) is -0.961. The lowest BCUT2D eigenvalue weighted by atomic mass is 10.2. The number of carbonyl (C=O) groups is 2. The minimum atomic E-state index is -0.546. The Bertz CT molecular complexity index is 125. The normalized spacial score (nSPS) is 12.2. The van der Waals surface area contributed by atoms with Gasteiger partial charge in [0.2, 0.25) is 5.91 Å². The molecule has 0 heterocycles. The van der Waals surface area contributed by atoms with Crippen LogP contribution in [-0.4, -0.2) is 25.3 Å². The van der Waals surface area contributed by atoms with Crippen LogP contribution in [0.15, 0.2) is 0 Å².